The smallest absolute Gasteiger partial charge is 0.296 e. The molecular weight excluding hydrogens is 286 g/mol. The maximum absolute atomic E-state index is 12.1. The lowest BCUT2D eigenvalue weighted by Crippen LogP contribution is -2.29. The largest absolute Gasteiger partial charge is 0.441 e. The van der Waals surface area contributed by atoms with Gasteiger partial charge in [0.15, 0.2) is 5.82 Å². The zero-order chi connectivity index (χ0) is 15.7. The molecule has 0 spiro atoms. The van der Waals surface area contributed by atoms with Crippen LogP contribution in [-0.2, 0) is 6.54 Å². The second kappa shape index (κ2) is 5.44. The molecule has 112 valence electrons. The summed E-state index contributed by atoms with van der Waals surface area (Å²) < 4.78 is 5.85. The fourth-order valence-corrected chi connectivity index (χ4v) is 2.31. The van der Waals surface area contributed by atoms with Crippen molar-refractivity contribution < 1.29 is 14.1 Å². The molecule has 0 saturated carbocycles. The number of hydrogen-bond acceptors (Lipinski definition) is 5. The van der Waals surface area contributed by atoms with Gasteiger partial charge in [0.1, 0.15) is 0 Å². The minimum absolute atomic E-state index is 0.158. The van der Waals surface area contributed by atoms with Crippen LogP contribution in [0.25, 0.3) is 0 Å². The summed E-state index contributed by atoms with van der Waals surface area (Å²) >= 11 is 0. The first-order chi connectivity index (χ1) is 10.6. The molecule has 1 aliphatic heterocycles. The van der Waals surface area contributed by atoms with E-state index in [-0.39, 0.29) is 24.9 Å². The van der Waals surface area contributed by atoms with Crippen LogP contribution in [0, 0.1) is 6.92 Å². The van der Waals surface area contributed by atoms with Gasteiger partial charge in [0.05, 0.1) is 11.1 Å². The number of carbonyl (C=O) groups excluding carboxylic acids is 2. The molecule has 1 aromatic carbocycles. The highest BCUT2D eigenvalue weighted by Gasteiger charge is 2.33. The predicted octanol–water partition coefficient (Wildman–Crippen LogP) is 0.997. The summed E-state index contributed by atoms with van der Waals surface area (Å²) in [6, 6.07) is 6.73. The maximum Gasteiger partial charge on any atom is 0.441 e. The van der Waals surface area contributed by atoms with Gasteiger partial charge in [0.25, 0.3) is 11.8 Å². The van der Waals surface area contributed by atoms with Crippen LogP contribution >= 0.6 is 0 Å². The Labute approximate surface area is 125 Å². The molecule has 7 heteroatoms. The number of imide groups is 1. The van der Waals surface area contributed by atoms with Crippen molar-refractivity contribution in [3.05, 3.63) is 63.9 Å². The highest BCUT2D eigenvalue weighted by Crippen LogP contribution is 2.21. The second-order valence-electron chi connectivity index (χ2n) is 4.84. The lowest BCUT2D eigenvalue weighted by molar-refractivity contribution is 0.0672. The van der Waals surface area contributed by atoms with E-state index in [4.69, 9.17) is 0 Å². The number of aromatic nitrogens is 2. The van der Waals surface area contributed by atoms with Crippen molar-refractivity contribution in [1.29, 1.82) is 0 Å². The van der Waals surface area contributed by atoms with Gasteiger partial charge in [-0.1, -0.05) is 29.4 Å². The molecule has 0 bridgehead atoms. The van der Waals surface area contributed by atoms with Crippen LogP contribution < -0.4 is 5.76 Å². The Bertz CT molecular complexity index is 796. The summed E-state index contributed by atoms with van der Waals surface area (Å²) in [4.78, 5) is 36.8. The van der Waals surface area contributed by atoms with E-state index >= 15 is 0 Å². The van der Waals surface area contributed by atoms with Crippen LogP contribution in [0.1, 0.15) is 26.5 Å². The van der Waals surface area contributed by atoms with Gasteiger partial charge >= 0.3 is 5.76 Å². The molecule has 3 rings (SSSR count). The minimum Gasteiger partial charge on any atom is -0.296 e. The summed E-state index contributed by atoms with van der Waals surface area (Å²) in [6.07, 6.45) is 3.36. The number of amides is 2. The SMILES string of the molecule is Cc1noc(=O)n1C/C=C/CN1C(=O)c2ccccc2C1=O. The van der Waals surface area contributed by atoms with Crippen molar-refractivity contribution >= 4 is 11.8 Å². The second-order valence-corrected chi connectivity index (χ2v) is 4.84. The number of fused-ring (bicyclic) bond motifs is 1. The molecule has 0 unspecified atom stereocenters. The number of nitrogens with zero attached hydrogens (tertiary/aromatic N) is 3. The summed E-state index contributed by atoms with van der Waals surface area (Å²) in [6.45, 7) is 2.09. The molecular formula is C15H13N3O4. The molecule has 0 aliphatic carbocycles. The fourth-order valence-electron chi connectivity index (χ4n) is 2.31. The van der Waals surface area contributed by atoms with E-state index in [2.05, 4.69) is 9.68 Å². The van der Waals surface area contributed by atoms with Crippen LogP contribution in [0.15, 0.2) is 45.7 Å². The van der Waals surface area contributed by atoms with Gasteiger partial charge in [-0.25, -0.2) is 4.79 Å². The van der Waals surface area contributed by atoms with E-state index < -0.39 is 5.76 Å². The topological polar surface area (TPSA) is 85.4 Å². The molecule has 0 saturated heterocycles. The van der Waals surface area contributed by atoms with Crippen molar-refractivity contribution in [3.63, 3.8) is 0 Å². The van der Waals surface area contributed by atoms with Gasteiger partial charge in [0.2, 0.25) is 0 Å². The Morgan fingerprint density at radius 3 is 2.18 bits per heavy atom. The van der Waals surface area contributed by atoms with E-state index in [0.29, 0.717) is 17.0 Å². The lowest BCUT2D eigenvalue weighted by atomic mass is 10.1. The van der Waals surface area contributed by atoms with Gasteiger partial charge in [0, 0.05) is 13.1 Å². The molecule has 0 atom stereocenters. The lowest BCUT2D eigenvalue weighted by Gasteiger charge is -2.10. The third-order valence-corrected chi connectivity index (χ3v) is 3.49. The summed E-state index contributed by atoms with van der Waals surface area (Å²) in [5.74, 6) is -0.676. The number of aryl methyl sites for hydroxylation is 1. The summed E-state index contributed by atoms with van der Waals surface area (Å²) in [7, 11) is 0. The van der Waals surface area contributed by atoms with Crippen molar-refractivity contribution in [2.24, 2.45) is 0 Å². The van der Waals surface area contributed by atoms with Crippen LogP contribution in [-0.4, -0.2) is 33.0 Å². The molecule has 2 aromatic rings. The molecule has 0 fully saturated rings. The normalized spacial score (nSPS) is 14.1. The minimum atomic E-state index is -0.539. The number of benzene rings is 1. The van der Waals surface area contributed by atoms with Crippen molar-refractivity contribution in [1.82, 2.24) is 14.6 Å². The predicted molar refractivity (Wildman–Crippen MR) is 76.4 cm³/mol. The number of rotatable bonds is 4. The zero-order valence-corrected chi connectivity index (χ0v) is 11.9. The molecule has 2 heterocycles. The van der Waals surface area contributed by atoms with E-state index in [1.54, 1.807) is 43.3 Å². The van der Waals surface area contributed by atoms with E-state index in [1.807, 2.05) is 0 Å². The average molecular weight is 299 g/mol. The molecule has 1 aromatic heterocycles. The number of hydrogen-bond donors (Lipinski definition) is 0. The number of allylic oxidation sites excluding steroid dienone is 1. The van der Waals surface area contributed by atoms with Gasteiger partial charge in [-0.15, -0.1) is 0 Å². The van der Waals surface area contributed by atoms with Gasteiger partial charge < -0.3 is 0 Å². The Kier molecular flexibility index (Phi) is 3.46. The van der Waals surface area contributed by atoms with Crippen LogP contribution in [0.4, 0.5) is 0 Å². The Morgan fingerprint density at radius 2 is 1.64 bits per heavy atom. The van der Waals surface area contributed by atoms with Crippen molar-refractivity contribution in [3.8, 4) is 0 Å². The van der Waals surface area contributed by atoms with Crippen LogP contribution in [0.3, 0.4) is 0 Å². The van der Waals surface area contributed by atoms with Gasteiger partial charge in [-0.3, -0.25) is 23.6 Å². The summed E-state index contributed by atoms with van der Waals surface area (Å²) in [5.41, 5.74) is 0.846. The Morgan fingerprint density at radius 1 is 1.05 bits per heavy atom. The Balaban J connectivity index is 1.68. The van der Waals surface area contributed by atoms with E-state index in [1.165, 1.54) is 9.47 Å². The monoisotopic (exact) mass is 299 g/mol. The first-order valence-corrected chi connectivity index (χ1v) is 6.73. The molecule has 22 heavy (non-hydrogen) atoms. The highest BCUT2D eigenvalue weighted by atomic mass is 16.5. The highest BCUT2D eigenvalue weighted by molar-refractivity contribution is 6.21. The standard InChI is InChI=1S/C15H13N3O4/c1-10-16-22-15(21)17(10)8-4-5-9-18-13(19)11-6-2-3-7-12(11)14(18)20/h2-7H,8-9H2,1H3/b5-4+. The van der Waals surface area contributed by atoms with Crippen molar-refractivity contribution in [2.45, 2.75) is 13.5 Å². The third kappa shape index (κ3) is 2.26. The molecule has 2 amide bonds. The number of carbonyl (C=O) groups is 2. The van der Waals surface area contributed by atoms with Gasteiger partial charge in [-0.05, 0) is 19.1 Å². The third-order valence-electron chi connectivity index (χ3n) is 3.49. The summed E-state index contributed by atoms with van der Waals surface area (Å²) in [5, 5.41) is 3.55. The van der Waals surface area contributed by atoms with Crippen LogP contribution in [0.5, 0.6) is 0 Å². The van der Waals surface area contributed by atoms with E-state index in [0.717, 1.165) is 0 Å². The maximum atomic E-state index is 12.1. The molecule has 0 N–H and O–H groups in total. The average Bonchev–Trinajstić information content (AvgIpc) is 2.96. The Hall–Kier alpha value is -2.96. The molecule has 7 nitrogen and oxygen atoms in total. The molecule has 1 aliphatic rings. The van der Waals surface area contributed by atoms with Crippen molar-refractivity contribution in [2.75, 3.05) is 6.54 Å². The van der Waals surface area contributed by atoms with E-state index in [9.17, 15) is 14.4 Å². The zero-order valence-electron chi connectivity index (χ0n) is 11.9. The fraction of sp³-hybridized carbons (Fsp3) is 0.200. The quantitative estimate of drug-likeness (QED) is 0.621. The van der Waals surface area contributed by atoms with Gasteiger partial charge in [-0.2, -0.15) is 0 Å². The molecule has 0 radical (unpaired) electrons. The van der Waals surface area contributed by atoms with Crippen LogP contribution in [0.2, 0.25) is 0 Å². The first-order valence-electron chi connectivity index (χ1n) is 6.73. The first kappa shape index (κ1) is 14.0.